The topological polar surface area (TPSA) is 69.2 Å². The van der Waals surface area contributed by atoms with Gasteiger partial charge in [-0.3, -0.25) is 4.79 Å². The highest BCUT2D eigenvalue weighted by molar-refractivity contribution is 6.27. The minimum atomic E-state index is -0.658. The van der Waals surface area contributed by atoms with E-state index < -0.39 is 5.91 Å². The van der Waals surface area contributed by atoms with E-state index in [0.29, 0.717) is 10.3 Å². The molecule has 2 N–H and O–H groups in total. The third kappa shape index (κ3) is 5.33. The van der Waals surface area contributed by atoms with E-state index in [1.807, 2.05) is 55.5 Å². The van der Waals surface area contributed by atoms with Gasteiger partial charge in [0.25, 0.3) is 5.91 Å². The Morgan fingerprint density at radius 3 is 2.52 bits per heavy atom. The molecule has 2 aromatic carbocycles. The normalized spacial score (nSPS) is 10.2. The number of hydroxylamine groups is 1. The molecule has 0 spiro atoms. The van der Waals surface area contributed by atoms with Gasteiger partial charge >= 0.3 is 0 Å². The first-order valence-electron chi connectivity index (χ1n) is 8.53. The molecule has 0 bridgehead atoms. The van der Waals surface area contributed by atoms with Crippen molar-refractivity contribution in [2.24, 2.45) is 5.73 Å². The highest BCUT2D eigenvalue weighted by atomic mass is 16.5. The molecule has 0 aliphatic rings. The lowest BCUT2D eigenvalue weighted by Gasteiger charge is -2.08. The first-order valence-corrected chi connectivity index (χ1v) is 8.53. The summed E-state index contributed by atoms with van der Waals surface area (Å²) < 4.78 is 0.621. The van der Waals surface area contributed by atoms with Gasteiger partial charge in [-0.1, -0.05) is 61.9 Å². The summed E-state index contributed by atoms with van der Waals surface area (Å²) >= 11 is 0. The van der Waals surface area contributed by atoms with Gasteiger partial charge in [0.1, 0.15) is 0 Å². The summed E-state index contributed by atoms with van der Waals surface area (Å²) in [6, 6.07) is 15.0. The minimum absolute atomic E-state index is 0.107. The molecule has 0 aromatic heterocycles. The van der Waals surface area contributed by atoms with Crippen LogP contribution in [0.2, 0.25) is 0 Å². The molecule has 0 fully saturated rings. The van der Waals surface area contributed by atoms with E-state index in [9.17, 15) is 10.0 Å². The van der Waals surface area contributed by atoms with Crippen LogP contribution in [0.4, 0.5) is 0 Å². The van der Waals surface area contributed by atoms with E-state index >= 15 is 0 Å². The van der Waals surface area contributed by atoms with Crippen LogP contribution in [0.25, 0.3) is 5.57 Å². The van der Waals surface area contributed by atoms with Gasteiger partial charge in [-0.25, -0.2) is 0 Å². The van der Waals surface area contributed by atoms with Crippen LogP contribution in [0.5, 0.6) is 0 Å². The summed E-state index contributed by atoms with van der Waals surface area (Å²) in [4.78, 5) is 11.8. The van der Waals surface area contributed by atoms with Gasteiger partial charge in [0.15, 0.2) is 18.0 Å². The van der Waals surface area contributed by atoms with Crippen molar-refractivity contribution in [3.8, 4) is 0 Å². The van der Waals surface area contributed by atoms with Crippen LogP contribution in [-0.4, -0.2) is 16.5 Å². The van der Waals surface area contributed by atoms with Crippen molar-refractivity contribution in [2.75, 3.05) is 0 Å². The lowest BCUT2D eigenvalue weighted by atomic mass is 9.97. The number of unbranched alkanes of at least 4 members (excludes halogenated alkanes) is 1. The number of hydrogen-bond acceptors (Lipinski definition) is 2. The first-order chi connectivity index (χ1) is 12.0. The fourth-order valence-corrected chi connectivity index (χ4v) is 2.67. The lowest BCUT2D eigenvalue weighted by Crippen LogP contribution is -2.16. The molecule has 2 rings (SSSR count). The third-order valence-electron chi connectivity index (χ3n) is 4.08. The summed E-state index contributed by atoms with van der Waals surface area (Å²) in [6.45, 7) is 4.28. The smallest absolute Gasteiger partial charge is 0.263 e. The lowest BCUT2D eigenvalue weighted by molar-refractivity contribution is -0.467. The van der Waals surface area contributed by atoms with E-state index in [2.05, 4.69) is 12.8 Å². The number of amides is 1. The maximum atomic E-state index is 12.2. The highest BCUT2D eigenvalue weighted by Gasteiger charge is 2.13. The van der Waals surface area contributed by atoms with E-state index in [0.717, 1.165) is 30.4 Å². The maximum absolute atomic E-state index is 12.2. The van der Waals surface area contributed by atoms with Crippen molar-refractivity contribution in [1.29, 1.82) is 0 Å². The molecule has 0 heterocycles. The molecule has 130 valence electrons. The average Bonchev–Trinajstić information content (AvgIpc) is 2.59. The van der Waals surface area contributed by atoms with Gasteiger partial charge in [0.05, 0.1) is 0 Å². The first kappa shape index (κ1) is 18.5. The molecule has 4 nitrogen and oxygen atoms in total. The zero-order valence-corrected chi connectivity index (χ0v) is 14.8. The second kappa shape index (κ2) is 8.86. The molecule has 2 aromatic rings. The zero-order valence-electron chi connectivity index (χ0n) is 14.8. The number of primary amides is 1. The summed E-state index contributed by atoms with van der Waals surface area (Å²) in [5.74, 6) is 1.93. The van der Waals surface area contributed by atoms with Gasteiger partial charge in [-0.15, -0.1) is 0 Å². The molecule has 0 saturated heterocycles. The largest absolute Gasteiger partial charge is 0.615 e. The quantitative estimate of drug-likeness (QED) is 0.276. The zero-order chi connectivity index (χ0) is 18.2. The molecule has 0 radical (unpaired) electrons. The Morgan fingerprint density at radius 1 is 1.20 bits per heavy atom. The van der Waals surface area contributed by atoms with E-state index in [1.54, 1.807) is 0 Å². The number of rotatable bonds is 7. The molecule has 0 aliphatic heterocycles. The number of carbonyl (C=O) groups is 1. The molecule has 0 unspecified atom stereocenters. The number of hydrogen-bond donors (Lipinski definition) is 1. The van der Waals surface area contributed by atoms with Crippen molar-refractivity contribution < 1.29 is 9.53 Å². The fourth-order valence-electron chi connectivity index (χ4n) is 2.67. The second-order valence-corrected chi connectivity index (χ2v) is 6.12. The number of nitrogens with two attached hydrogens (primary N) is 1. The Bertz CT molecular complexity index is 804. The number of carbonyl (C=O) groups excluding carboxylic acids is 1. The molecule has 1 amide bonds. The summed E-state index contributed by atoms with van der Waals surface area (Å²) in [7, 11) is 0. The summed E-state index contributed by atoms with van der Waals surface area (Å²) in [6.07, 6.45) is 3.26. The monoisotopic (exact) mass is 336 g/mol. The van der Waals surface area contributed by atoms with Gasteiger partial charge in [-0.05, 0) is 30.9 Å². The molecular formula is C21H24N2O2. The molecule has 4 heteroatoms. The van der Waals surface area contributed by atoms with Crippen LogP contribution in [0.3, 0.4) is 0 Å². The van der Waals surface area contributed by atoms with Gasteiger partial charge in [-0.2, -0.15) is 4.74 Å². The predicted octanol–water partition coefficient (Wildman–Crippen LogP) is 3.59. The van der Waals surface area contributed by atoms with Gasteiger partial charge in [0, 0.05) is 11.1 Å². The van der Waals surface area contributed by atoms with Gasteiger partial charge < -0.3 is 10.9 Å². The van der Waals surface area contributed by atoms with Crippen LogP contribution in [0.1, 0.15) is 42.0 Å². The fraction of sp³-hybridized carbons (Fsp3) is 0.286. The minimum Gasteiger partial charge on any atom is -0.615 e. The summed E-state index contributed by atoms with van der Waals surface area (Å²) in [5, 5.41) is 12.2. The van der Waals surface area contributed by atoms with Crippen LogP contribution < -0.4 is 5.73 Å². The van der Waals surface area contributed by atoms with Crippen molar-refractivity contribution in [3.05, 3.63) is 76.0 Å². The Morgan fingerprint density at radius 2 is 1.92 bits per heavy atom. The Kier molecular flexibility index (Phi) is 6.55. The SMILES string of the molecule is CCCCc1ccc(C(=C=[N+]([O-])Cc2ccccc2)C(N)=O)cc1C. The Balaban J connectivity index is 2.35. The second-order valence-electron chi connectivity index (χ2n) is 6.12. The van der Waals surface area contributed by atoms with E-state index in [-0.39, 0.29) is 12.1 Å². The van der Waals surface area contributed by atoms with Crippen LogP contribution >= 0.6 is 0 Å². The number of benzene rings is 2. The van der Waals surface area contributed by atoms with Crippen molar-refractivity contribution in [3.63, 3.8) is 0 Å². The molecule has 25 heavy (non-hydrogen) atoms. The van der Waals surface area contributed by atoms with Crippen molar-refractivity contribution in [1.82, 2.24) is 0 Å². The molecule has 0 saturated carbocycles. The predicted molar refractivity (Wildman–Crippen MR) is 101 cm³/mol. The molecule has 0 atom stereocenters. The molecular weight excluding hydrogens is 312 g/mol. The Labute approximate surface area is 148 Å². The number of nitrogens with zero attached hydrogens (tertiary/aromatic N) is 1. The van der Waals surface area contributed by atoms with Crippen LogP contribution in [0.15, 0.2) is 48.5 Å². The van der Waals surface area contributed by atoms with Crippen molar-refractivity contribution >= 4 is 17.4 Å². The Hall–Kier alpha value is -2.84. The van der Waals surface area contributed by atoms with Crippen LogP contribution in [0, 0.1) is 12.1 Å². The van der Waals surface area contributed by atoms with E-state index in [1.165, 1.54) is 5.56 Å². The van der Waals surface area contributed by atoms with Crippen LogP contribution in [-0.2, 0) is 17.8 Å². The third-order valence-corrected chi connectivity index (χ3v) is 4.08. The van der Waals surface area contributed by atoms with E-state index in [4.69, 9.17) is 5.73 Å². The standard InChI is InChI=1S/C21H24N2O2/c1-3-4-10-18-11-12-19(13-16(18)2)20(21(22)24)15-23(25)14-17-8-6-5-7-9-17/h5-9,11-13H,3-4,10,14H2,1-2H3,(H2,22,24). The maximum Gasteiger partial charge on any atom is 0.263 e. The van der Waals surface area contributed by atoms with Crippen molar-refractivity contribution in [2.45, 2.75) is 39.7 Å². The number of aryl methyl sites for hydroxylation is 2. The average molecular weight is 336 g/mol. The summed E-state index contributed by atoms with van der Waals surface area (Å²) in [5.41, 5.74) is 9.39. The van der Waals surface area contributed by atoms with Gasteiger partial charge in [0.2, 0.25) is 0 Å². The highest BCUT2D eigenvalue weighted by Crippen LogP contribution is 2.18. The molecule has 0 aliphatic carbocycles.